The van der Waals surface area contributed by atoms with Crippen molar-refractivity contribution >= 4 is 23.3 Å². The summed E-state index contributed by atoms with van der Waals surface area (Å²) in [5, 5.41) is 18.8. The van der Waals surface area contributed by atoms with Gasteiger partial charge in [0.1, 0.15) is 17.0 Å². The number of rotatable bonds is 12. The number of likely N-dealkylation sites (tertiary alicyclic amines) is 1. The van der Waals surface area contributed by atoms with E-state index < -0.39 is 11.8 Å². The van der Waals surface area contributed by atoms with Crippen molar-refractivity contribution in [1.29, 1.82) is 0 Å². The highest BCUT2D eigenvalue weighted by Crippen LogP contribution is 2.43. The summed E-state index contributed by atoms with van der Waals surface area (Å²) >= 11 is 0. The van der Waals surface area contributed by atoms with Crippen molar-refractivity contribution in [3.05, 3.63) is 180 Å². The van der Waals surface area contributed by atoms with Gasteiger partial charge in [-0.3, -0.25) is 4.79 Å². The fraction of sp³-hybridized carbons (Fsp3) is 0.269. The smallest absolute Gasteiger partial charge is 0.319 e. The highest BCUT2D eigenvalue weighted by molar-refractivity contribution is 5.93. The van der Waals surface area contributed by atoms with Gasteiger partial charge in [-0.25, -0.2) is 4.79 Å². The van der Waals surface area contributed by atoms with E-state index in [9.17, 15) is 14.7 Å². The van der Waals surface area contributed by atoms with Crippen LogP contribution >= 0.6 is 0 Å². The molecule has 6 aromatic rings. The van der Waals surface area contributed by atoms with E-state index in [0.717, 1.165) is 70.7 Å². The second kappa shape index (κ2) is 18.9. The first kappa shape index (κ1) is 41.8. The number of ether oxygens (including phenoxy) is 3. The molecule has 3 aliphatic heterocycles. The third kappa shape index (κ3) is 9.33. The molecule has 0 aliphatic carbocycles. The Balaban J connectivity index is 0.866. The van der Waals surface area contributed by atoms with Crippen molar-refractivity contribution < 1.29 is 28.9 Å². The molecule has 3 amide bonds. The van der Waals surface area contributed by atoms with Gasteiger partial charge in [-0.15, -0.1) is 0 Å². The van der Waals surface area contributed by atoms with Crippen molar-refractivity contribution in [2.45, 2.75) is 57.0 Å². The average Bonchev–Trinajstić information content (AvgIpc) is 3.65. The van der Waals surface area contributed by atoms with Crippen LogP contribution in [0.1, 0.15) is 54.4 Å². The number of hydrogen-bond donors (Lipinski definition) is 4. The third-order valence-electron chi connectivity index (χ3n) is 12.7. The number of para-hydroxylation sites is 2. The molecule has 0 unspecified atom stereocenters. The maximum atomic E-state index is 13.4. The molecule has 1 spiro atoms. The fourth-order valence-corrected chi connectivity index (χ4v) is 9.08. The minimum Gasteiger partial charge on any atom is -0.457 e. The molecule has 0 saturated carbocycles. The number of carbonyl (C=O) groups is 2. The largest absolute Gasteiger partial charge is 0.457 e. The van der Waals surface area contributed by atoms with E-state index in [4.69, 9.17) is 14.2 Å². The second-order valence-electron chi connectivity index (χ2n) is 16.6. The molecule has 4 atom stereocenters. The Bertz CT molecular complexity index is 2460. The molecule has 63 heavy (non-hydrogen) atoms. The number of hydrogen-bond acceptors (Lipinski definition) is 8. The Morgan fingerprint density at radius 1 is 0.778 bits per heavy atom. The van der Waals surface area contributed by atoms with Gasteiger partial charge in [-0.1, -0.05) is 116 Å². The number of piperidine rings is 1. The summed E-state index contributed by atoms with van der Waals surface area (Å²) in [4.78, 5) is 31.0. The summed E-state index contributed by atoms with van der Waals surface area (Å²) in [5.41, 5.74) is 6.93. The molecule has 3 aliphatic rings. The van der Waals surface area contributed by atoms with Crippen molar-refractivity contribution in [1.82, 2.24) is 15.5 Å². The minimum absolute atomic E-state index is 0.0227. The van der Waals surface area contributed by atoms with Crippen LogP contribution < -0.4 is 25.6 Å². The molecule has 6 aromatic carbocycles. The zero-order chi connectivity index (χ0) is 43.2. The van der Waals surface area contributed by atoms with Crippen LogP contribution in [0.2, 0.25) is 0 Å². The average molecular weight is 844 g/mol. The second-order valence-corrected chi connectivity index (χ2v) is 16.6. The number of benzene rings is 6. The normalized spacial score (nSPS) is 20.9. The van der Waals surface area contributed by atoms with Crippen LogP contribution in [-0.4, -0.2) is 59.9 Å². The number of urea groups is 1. The van der Waals surface area contributed by atoms with Crippen LogP contribution in [0.3, 0.4) is 0 Å². The van der Waals surface area contributed by atoms with Gasteiger partial charge >= 0.3 is 6.03 Å². The predicted octanol–water partition coefficient (Wildman–Crippen LogP) is 9.18. The van der Waals surface area contributed by atoms with Crippen molar-refractivity contribution in [2.24, 2.45) is 5.92 Å². The molecular weight excluding hydrogens is 791 g/mol. The summed E-state index contributed by atoms with van der Waals surface area (Å²) in [6, 6.07) is 51.0. The van der Waals surface area contributed by atoms with E-state index in [1.807, 2.05) is 115 Å². The van der Waals surface area contributed by atoms with Crippen LogP contribution in [-0.2, 0) is 27.4 Å². The molecule has 9 rings (SSSR count). The van der Waals surface area contributed by atoms with Crippen LogP contribution in [0.5, 0.6) is 11.5 Å². The van der Waals surface area contributed by atoms with Gasteiger partial charge < -0.3 is 45.1 Å². The Labute approximate surface area is 368 Å². The molecule has 3 fully saturated rings. The van der Waals surface area contributed by atoms with Crippen LogP contribution in [0.4, 0.5) is 16.2 Å². The van der Waals surface area contributed by atoms with Gasteiger partial charge in [-0.2, -0.15) is 0 Å². The zero-order valence-electron chi connectivity index (χ0n) is 35.4. The monoisotopic (exact) mass is 843 g/mol. The van der Waals surface area contributed by atoms with Crippen molar-refractivity contribution in [2.75, 3.05) is 36.5 Å². The number of carbonyl (C=O) groups excluding carboxylic acids is 2. The lowest BCUT2D eigenvalue weighted by atomic mass is 9.84. The summed E-state index contributed by atoms with van der Waals surface area (Å²) < 4.78 is 19.6. The lowest BCUT2D eigenvalue weighted by Crippen LogP contribution is -2.57. The highest BCUT2D eigenvalue weighted by Gasteiger charge is 2.51. The molecule has 0 aromatic heterocycles. The number of amides is 3. The minimum atomic E-state index is -0.618. The number of aliphatic hydroxyl groups excluding tert-OH is 1. The molecule has 0 radical (unpaired) electrons. The predicted molar refractivity (Wildman–Crippen MR) is 244 cm³/mol. The molecule has 322 valence electrons. The molecular formula is C52H53N5O6. The van der Waals surface area contributed by atoms with Gasteiger partial charge in [0.05, 0.1) is 25.5 Å². The first-order chi connectivity index (χ1) is 30.8. The Morgan fingerprint density at radius 2 is 1.43 bits per heavy atom. The van der Waals surface area contributed by atoms with Gasteiger partial charge in [-0.05, 0) is 89.2 Å². The first-order valence-electron chi connectivity index (χ1n) is 21.8. The number of anilines is 2. The molecule has 11 heteroatoms. The van der Waals surface area contributed by atoms with Crippen LogP contribution in [0, 0.1) is 5.92 Å². The van der Waals surface area contributed by atoms with E-state index in [1.165, 1.54) is 0 Å². The molecule has 4 N–H and O–H groups in total. The van der Waals surface area contributed by atoms with Gasteiger partial charge in [0.15, 0.2) is 6.29 Å². The van der Waals surface area contributed by atoms with Gasteiger partial charge in [0, 0.05) is 49.0 Å². The zero-order valence-corrected chi connectivity index (χ0v) is 35.4. The molecule has 3 saturated heterocycles. The standard InChI is InChI=1S/C52H53N5O6/c1-36-47(33-56-30-28-52(29-31-56)50(59)54-35-57(52)43-11-4-2-5-12-43)62-49(63-48(36)39-18-16-37(34-58)17-19-39)40-22-20-38(21-23-40)46-15-9-8-10-41(46)32-53-51(60)55-42-24-26-45(27-25-42)61-44-13-6-3-7-14-44/h2-27,36,47-49,58H,28-35H2,1H3,(H,54,59)(H2,53,55,60)/t36-,47+,48+,49+/m1/s1. The highest BCUT2D eigenvalue weighted by atomic mass is 16.7. The van der Waals surface area contributed by atoms with Crippen LogP contribution in [0.25, 0.3) is 11.1 Å². The van der Waals surface area contributed by atoms with Crippen LogP contribution in [0.15, 0.2) is 158 Å². The van der Waals surface area contributed by atoms with E-state index in [2.05, 4.69) is 75.1 Å². The first-order valence-corrected chi connectivity index (χ1v) is 21.8. The Morgan fingerprint density at radius 3 is 2.14 bits per heavy atom. The van der Waals surface area contributed by atoms with E-state index >= 15 is 0 Å². The molecule has 3 heterocycles. The number of nitrogens with zero attached hydrogens (tertiary/aromatic N) is 2. The fourth-order valence-electron chi connectivity index (χ4n) is 9.08. The molecule has 11 nitrogen and oxygen atoms in total. The van der Waals surface area contributed by atoms with Gasteiger partial charge in [0.2, 0.25) is 5.91 Å². The van der Waals surface area contributed by atoms with Gasteiger partial charge in [0.25, 0.3) is 0 Å². The van der Waals surface area contributed by atoms with E-state index in [1.54, 1.807) is 0 Å². The number of aliphatic hydroxyl groups is 1. The quantitative estimate of drug-likeness (QED) is 0.0962. The van der Waals surface area contributed by atoms with Crippen molar-refractivity contribution in [3.63, 3.8) is 0 Å². The topological polar surface area (TPSA) is 125 Å². The van der Waals surface area contributed by atoms with E-state index in [0.29, 0.717) is 31.2 Å². The summed E-state index contributed by atoms with van der Waals surface area (Å²) in [7, 11) is 0. The third-order valence-corrected chi connectivity index (χ3v) is 12.7. The lowest BCUT2D eigenvalue weighted by Gasteiger charge is -2.46. The maximum absolute atomic E-state index is 13.4. The number of nitrogens with one attached hydrogen (secondary N) is 3. The van der Waals surface area contributed by atoms with Crippen molar-refractivity contribution in [3.8, 4) is 22.6 Å². The Hall–Kier alpha value is -6.50. The molecule has 0 bridgehead atoms. The van der Waals surface area contributed by atoms with E-state index in [-0.39, 0.29) is 36.7 Å². The summed E-state index contributed by atoms with van der Waals surface area (Å²) in [5.74, 6) is 1.56. The lowest BCUT2D eigenvalue weighted by molar-refractivity contribution is -0.276. The summed E-state index contributed by atoms with van der Waals surface area (Å²) in [6.45, 7) is 5.25. The summed E-state index contributed by atoms with van der Waals surface area (Å²) in [6.07, 6.45) is 0.436. The SMILES string of the molecule is C[C@@H]1[C@H](CN2CCC3(CC2)C(=O)NCN3c2ccccc2)O[C@H](c2ccc(-c3ccccc3CNC(=O)Nc3ccc(Oc4ccccc4)cc3)cc2)O[C@@H]1c1ccc(CO)cc1. The Kier molecular flexibility index (Phi) is 12.5. The maximum Gasteiger partial charge on any atom is 0.319 e.